The Balaban J connectivity index is 1.82. The first-order valence-corrected chi connectivity index (χ1v) is 9.16. The fourth-order valence-corrected chi connectivity index (χ4v) is 4.12. The second kappa shape index (κ2) is 6.64. The third-order valence-corrected chi connectivity index (χ3v) is 5.58. The number of halogens is 2. The summed E-state index contributed by atoms with van der Waals surface area (Å²) in [6.07, 6.45) is 3.27. The van der Waals surface area contributed by atoms with Gasteiger partial charge in [-0.1, -0.05) is 25.1 Å². The maximum atomic E-state index is 12.7. The highest BCUT2D eigenvalue weighted by Crippen LogP contribution is 2.32. The van der Waals surface area contributed by atoms with Crippen molar-refractivity contribution >= 4 is 33.2 Å². The van der Waals surface area contributed by atoms with Crippen molar-refractivity contribution in [2.24, 2.45) is 0 Å². The average molecular weight is 374 g/mol. The number of aromatic nitrogens is 2. The van der Waals surface area contributed by atoms with Gasteiger partial charge in [0, 0.05) is 17.0 Å². The van der Waals surface area contributed by atoms with Gasteiger partial charge in [0.05, 0.1) is 5.39 Å². The van der Waals surface area contributed by atoms with Gasteiger partial charge in [0.1, 0.15) is 16.4 Å². The maximum Gasteiger partial charge on any atom is 0.387 e. The largest absolute Gasteiger partial charge is 0.434 e. The van der Waals surface area contributed by atoms with Crippen LogP contribution in [-0.4, -0.2) is 16.2 Å². The van der Waals surface area contributed by atoms with Crippen molar-refractivity contribution < 1.29 is 13.5 Å². The molecule has 134 valence electrons. The molecule has 1 aliphatic heterocycles. The number of nitrogens with zero attached hydrogens (tertiary/aromatic N) is 2. The molecule has 0 radical (unpaired) electrons. The summed E-state index contributed by atoms with van der Waals surface area (Å²) < 4.78 is 31.5. The molecule has 2 aromatic heterocycles. The summed E-state index contributed by atoms with van der Waals surface area (Å²) >= 11 is 1.52. The van der Waals surface area contributed by atoms with Gasteiger partial charge in [-0.25, -0.2) is 4.98 Å². The van der Waals surface area contributed by atoms with Crippen LogP contribution >= 0.6 is 11.3 Å². The van der Waals surface area contributed by atoms with E-state index in [9.17, 15) is 13.6 Å². The molecule has 26 heavy (non-hydrogen) atoms. The summed E-state index contributed by atoms with van der Waals surface area (Å²) in [6, 6.07) is 8.53. The van der Waals surface area contributed by atoms with E-state index in [1.54, 1.807) is 28.8 Å². The predicted octanol–water partition coefficient (Wildman–Crippen LogP) is 4.57. The minimum absolute atomic E-state index is 0.0403. The van der Waals surface area contributed by atoms with Gasteiger partial charge in [-0.15, -0.1) is 11.3 Å². The number of fused-ring (bicyclic) bond motifs is 2. The van der Waals surface area contributed by atoms with Gasteiger partial charge in [0.15, 0.2) is 0 Å². The van der Waals surface area contributed by atoms with E-state index in [2.05, 4.69) is 9.72 Å². The molecule has 0 fully saturated rings. The summed E-state index contributed by atoms with van der Waals surface area (Å²) in [5, 5.41) is 0.651. The van der Waals surface area contributed by atoms with E-state index in [-0.39, 0.29) is 11.3 Å². The molecule has 3 aromatic rings. The molecule has 0 saturated heterocycles. The molecule has 1 aliphatic rings. The molecule has 4 nitrogen and oxygen atoms in total. The van der Waals surface area contributed by atoms with Gasteiger partial charge in [-0.05, 0) is 36.6 Å². The van der Waals surface area contributed by atoms with Crippen molar-refractivity contribution in [2.45, 2.75) is 32.9 Å². The van der Waals surface area contributed by atoms with E-state index in [1.807, 2.05) is 13.0 Å². The summed E-state index contributed by atoms with van der Waals surface area (Å²) in [6.45, 7) is -0.302. The zero-order valence-corrected chi connectivity index (χ0v) is 14.9. The lowest BCUT2D eigenvalue weighted by Crippen LogP contribution is -2.19. The van der Waals surface area contributed by atoms with Crippen molar-refractivity contribution in [2.75, 3.05) is 0 Å². The zero-order chi connectivity index (χ0) is 18.3. The Morgan fingerprint density at radius 2 is 2.19 bits per heavy atom. The Bertz CT molecular complexity index is 1070. The molecule has 0 N–H and O–H groups in total. The summed E-state index contributed by atoms with van der Waals surface area (Å²) in [5.41, 5.74) is 1.35. The van der Waals surface area contributed by atoms with Gasteiger partial charge in [-0.2, -0.15) is 8.78 Å². The van der Waals surface area contributed by atoms with Crippen molar-refractivity contribution in [3.05, 3.63) is 57.0 Å². The summed E-state index contributed by atoms with van der Waals surface area (Å²) in [4.78, 5) is 19.3. The lowest BCUT2D eigenvalue weighted by molar-refractivity contribution is -0.0499. The first-order chi connectivity index (χ1) is 12.6. The molecule has 0 amide bonds. The number of rotatable bonds is 4. The van der Waals surface area contributed by atoms with Crippen LogP contribution < -0.4 is 10.3 Å². The van der Waals surface area contributed by atoms with Crippen LogP contribution in [0.25, 0.3) is 21.9 Å². The zero-order valence-electron chi connectivity index (χ0n) is 14.0. The van der Waals surface area contributed by atoms with Gasteiger partial charge in [-0.3, -0.25) is 9.36 Å². The molecule has 0 spiro atoms. The number of para-hydroxylation sites is 1. The SMILES string of the molecule is CCc1cc2c(=O)n3c(nc2s1)/C(=C/c1ccccc1OC(F)F)CC3. The monoisotopic (exact) mass is 374 g/mol. The van der Waals surface area contributed by atoms with Crippen molar-refractivity contribution in [3.8, 4) is 5.75 Å². The smallest absolute Gasteiger partial charge is 0.387 e. The van der Waals surface area contributed by atoms with E-state index < -0.39 is 6.61 Å². The molecule has 0 saturated carbocycles. The normalized spacial score (nSPS) is 15.2. The van der Waals surface area contributed by atoms with Gasteiger partial charge >= 0.3 is 6.61 Å². The minimum Gasteiger partial charge on any atom is -0.434 e. The van der Waals surface area contributed by atoms with Gasteiger partial charge in [0.25, 0.3) is 5.56 Å². The maximum absolute atomic E-state index is 12.7. The van der Waals surface area contributed by atoms with E-state index in [1.165, 1.54) is 17.4 Å². The molecule has 0 bridgehead atoms. The van der Waals surface area contributed by atoms with Crippen LogP contribution in [0.1, 0.15) is 29.6 Å². The topological polar surface area (TPSA) is 44.1 Å². The molecule has 3 heterocycles. The van der Waals surface area contributed by atoms with Crippen LogP contribution in [0.4, 0.5) is 8.78 Å². The fraction of sp³-hybridized carbons (Fsp3) is 0.263. The molecule has 0 aliphatic carbocycles. The number of ether oxygens (including phenoxy) is 1. The number of thiophene rings is 1. The highest BCUT2D eigenvalue weighted by molar-refractivity contribution is 7.18. The first kappa shape index (κ1) is 16.9. The second-order valence-electron chi connectivity index (χ2n) is 6.01. The van der Waals surface area contributed by atoms with Crippen molar-refractivity contribution in [1.29, 1.82) is 0 Å². The highest BCUT2D eigenvalue weighted by Gasteiger charge is 2.22. The Morgan fingerprint density at radius 3 is 2.96 bits per heavy atom. The van der Waals surface area contributed by atoms with Crippen LogP contribution in [0.15, 0.2) is 35.1 Å². The number of aryl methyl sites for hydroxylation is 1. The number of alkyl halides is 2. The van der Waals surface area contributed by atoms with Crippen LogP contribution in [-0.2, 0) is 13.0 Å². The van der Waals surface area contributed by atoms with Gasteiger partial charge in [0.2, 0.25) is 0 Å². The van der Waals surface area contributed by atoms with E-state index >= 15 is 0 Å². The number of allylic oxidation sites excluding steroid dienone is 1. The lowest BCUT2D eigenvalue weighted by atomic mass is 10.1. The molecule has 0 atom stereocenters. The fourth-order valence-electron chi connectivity index (χ4n) is 3.16. The van der Waals surface area contributed by atoms with Crippen molar-refractivity contribution in [1.82, 2.24) is 9.55 Å². The number of hydrogen-bond acceptors (Lipinski definition) is 4. The Hall–Kier alpha value is -2.54. The quantitative estimate of drug-likeness (QED) is 0.672. The second-order valence-corrected chi connectivity index (χ2v) is 7.13. The van der Waals surface area contributed by atoms with E-state index in [4.69, 9.17) is 0 Å². The van der Waals surface area contributed by atoms with Crippen LogP contribution in [0.2, 0.25) is 0 Å². The molecule has 0 unspecified atom stereocenters. The standard InChI is InChI=1S/C19H16F2N2O2S/c1-2-13-10-14-17(26-13)22-16-12(7-8-23(16)18(14)24)9-11-5-3-4-6-15(11)25-19(20)21/h3-6,9-10,19H,2,7-8H2,1H3/b12-9+. The summed E-state index contributed by atoms with van der Waals surface area (Å²) in [7, 11) is 0. The molecular weight excluding hydrogens is 358 g/mol. The Labute approximate surface area is 152 Å². The van der Waals surface area contributed by atoms with E-state index in [0.29, 0.717) is 29.7 Å². The summed E-state index contributed by atoms with van der Waals surface area (Å²) in [5.74, 6) is 0.722. The third kappa shape index (κ3) is 2.92. The first-order valence-electron chi connectivity index (χ1n) is 8.35. The predicted molar refractivity (Wildman–Crippen MR) is 98.8 cm³/mol. The average Bonchev–Trinajstić information content (AvgIpc) is 3.21. The van der Waals surface area contributed by atoms with Crippen LogP contribution in [0, 0.1) is 0 Å². The van der Waals surface area contributed by atoms with Crippen LogP contribution in [0.3, 0.4) is 0 Å². The van der Waals surface area contributed by atoms with Gasteiger partial charge < -0.3 is 4.74 Å². The Kier molecular flexibility index (Phi) is 4.32. The van der Waals surface area contributed by atoms with E-state index in [0.717, 1.165) is 21.7 Å². The van der Waals surface area contributed by atoms with Crippen molar-refractivity contribution in [3.63, 3.8) is 0 Å². The molecule has 4 rings (SSSR count). The highest BCUT2D eigenvalue weighted by atomic mass is 32.1. The molecule has 1 aromatic carbocycles. The lowest BCUT2D eigenvalue weighted by Gasteiger charge is -2.08. The molecular formula is C19H16F2N2O2S. The van der Waals surface area contributed by atoms with Crippen LogP contribution in [0.5, 0.6) is 5.75 Å². The minimum atomic E-state index is -2.88. The number of hydrogen-bond donors (Lipinski definition) is 0. The Morgan fingerprint density at radius 1 is 1.38 bits per heavy atom. The third-order valence-electron chi connectivity index (χ3n) is 4.41. The number of benzene rings is 1. The molecule has 7 heteroatoms.